The third-order valence-corrected chi connectivity index (χ3v) is 7.45. The van der Waals surface area contributed by atoms with E-state index in [-0.39, 0.29) is 17.6 Å². The number of ether oxygens (including phenoxy) is 1. The van der Waals surface area contributed by atoms with Crippen LogP contribution in [0.2, 0.25) is 0 Å². The third kappa shape index (κ3) is 3.57. The number of phenols is 1. The Morgan fingerprint density at radius 1 is 1.00 bits per heavy atom. The van der Waals surface area contributed by atoms with Gasteiger partial charge in [0.15, 0.2) is 11.5 Å². The molecule has 3 aliphatic heterocycles. The van der Waals surface area contributed by atoms with Crippen molar-refractivity contribution < 1.29 is 14.6 Å². The Balaban J connectivity index is 1.45. The molecule has 1 amide bonds. The van der Waals surface area contributed by atoms with Crippen molar-refractivity contribution in [3.63, 3.8) is 0 Å². The third-order valence-electron chi connectivity index (χ3n) is 7.45. The molecule has 6 rings (SSSR count). The van der Waals surface area contributed by atoms with E-state index >= 15 is 0 Å². The minimum absolute atomic E-state index is 0.101. The molecule has 0 saturated carbocycles. The number of aromatic hydroxyl groups is 1. The van der Waals surface area contributed by atoms with Crippen molar-refractivity contribution in [2.24, 2.45) is 5.92 Å². The Bertz CT molecular complexity index is 1230. The zero-order valence-electron chi connectivity index (χ0n) is 18.7. The van der Waals surface area contributed by atoms with Crippen LogP contribution in [0.15, 0.2) is 60.7 Å². The van der Waals surface area contributed by atoms with Gasteiger partial charge in [-0.25, -0.2) is 0 Å². The highest BCUT2D eigenvalue weighted by Crippen LogP contribution is 2.54. The summed E-state index contributed by atoms with van der Waals surface area (Å²) in [5, 5.41) is 17.3. The molecule has 3 aliphatic rings. The van der Waals surface area contributed by atoms with Crippen LogP contribution < -0.4 is 15.4 Å². The summed E-state index contributed by atoms with van der Waals surface area (Å²) in [7, 11) is 0. The second kappa shape index (κ2) is 7.92. The molecule has 5 heteroatoms. The number of rotatable bonds is 3. The average molecular weight is 441 g/mol. The van der Waals surface area contributed by atoms with Gasteiger partial charge in [-0.1, -0.05) is 42.5 Å². The summed E-state index contributed by atoms with van der Waals surface area (Å²) in [4.78, 5) is 11.7. The number of carbonyl (C=O) groups excluding carboxylic acids is 1. The fourth-order valence-electron chi connectivity index (χ4n) is 6.14. The Labute approximate surface area is 193 Å². The van der Waals surface area contributed by atoms with E-state index < -0.39 is 0 Å². The van der Waals surface area contributed by atoms with Crippen LogP contribution in [0.4, 0.5) is 5.69 Å². The number of hydrogen-bond donors (Lipinski definition) is 3. The van der Waals surface area contributed by atoms with E-state index in [4.69, 9.17) is 4.74 Å². The highest BCUT2D eigenvalue weighted by atomic mass is 16.5. The van der Waals surface area contributed by atoms with Gasteiger partial charge in [0.2, 0.25) is 5.91 Å². The first-order valence-electron chi connectivity index (χ1n) is 11.8. The highest BCUT2D eigenvalue weighted by molar-refractivity contribution is 5.94. The lowest BCUT2D eigenvalue weighted by Crippen LogP contribution is -2.40. The molecule has 3 atom stereocenters. The Kier molecular flexibility index (Phi) is 4.88. The number of phenolic OH excluding ortho intramolecular Hbond substituents is 1. The summed E-state index contributed by atoms with van der Waals surface area (Å²) in [5.41, 5.74) is 4.95. The number of para-hydroxylation sites is 2. The summed E-state index contributed by atoms with van der Waals surface area (Å²) in [5.74, 6) is 2.15. The fourth-order valence-corrected chi connectivity index (χ4v) is 6.14. The number of amides is 1. The first-order chi connectivity index (χ1) is 16.1. The topological polar surface area (TPSA) is 70.6 Å². The van der Waals surface area contributed by atoms with E-state index in [1.54, 1.807) is 6.07 Å². The first-order valence-corrected chi connectivity index (χ1v) is 11.8. The van der Waals surface area contributed by atoms with Gasteiger partial charge in [0.25, 0.3) is 0 Å². The van der Waals surface area contributed by atoms with Gasteiger partial charge >= 0.3 is 0 Å². The molecule has 3 N–H and O–H groups in total. The molecule has 2 fully saturated rings. The van der Waals surface area contributed by atoms with Crippen molar-refractivity contribution in [3.8, 4) is 28.4 Å². The van der Waals surface area contributed by atoms with Crippen molar-refractivity contribution in [1.29, 1.82) is 0 Å². The molecule has 33 heavy (non-hydrogen) atoms. The molecule has 0 radical (unpaired) electrons. The largest absolute Gasteiger partial charge is 0.504 e. The normalized spacial score (nSPS) is 25.0. The second-order valence-electron chi connectivity index (χ2n) is 9.62. The van der Waals surface area contributed by atoms with E-state index in [0.29, 0.717) is 23.8 Å². The summed E-state index contributed by atoms with van der Waals surface area (Å²) < 4.78 is 6.33. The lowest BCUT2D eigenvalue weighted by molar-refractivity contribution is -0.114. The number of hydrogen-bond acceptors (Lipinski definition) is 4. The molecule has 168 valence electrons. The maximum absolute atomic E-state index is 11.7. The quantitative estimate of drug-likeness (QED) is 0.482. The predicted octanol–water partition coefficient (Wildman–Crippen LogP) is 5.79. The zero-order chi connectivity index (χ0) is 22.5. The van der Waals surface area contributed by atoms with Crippen LogP contribution in [-0.2, 0) is 4.79 Å². The van der Waals surface area contributed by atoms with E-state index in [1.165, 1.54) is 25.3 Å². The van der Waals surface area contributed by atoms with E-state index in [2.05, 4.69) is 28.8 Å². The number of fused-ring (bicyclic) bond motifs is 4. The number of benzene rings is 3. The number of piperidine rings is 1. The number of carbonyl (C=O) groups is 1. The van der Waals surface area contributed by atoms with Crippen LogP contribution in [0.1, 0.15) is 49.7 Å². The SMILES string of the molecule is CC(=O)Nc1ccccc1-c1ccc2c(c1)Oc1c(O)cccc1C2C1CC2CCC(C1)N2. The molecule has 5 nitrogen and oxygen atoms in total. The maximum atomic E-state index is 11.7. The monoisotopic (exact) mass is 440 g/mol. The standard InChI is InChI=1S/C28H28N2O3/c1-16(31)29-24-7-3-2-5-21(24)17-9-12-22-26(15-17)33-28-23(6-4-8-25(28)32)27(22)18-13-19-10-11-20(14-18)30-19/h2-9,12,15,18-20,27,30,32H,10-11,13-14H2,1H3,(H,29,31). The van der Waals surface area contributed by atoms with Crippen molar-refractivity contribution >= 4 is 11.6 Å². The van der Waals surface area contributed by atoms with Crippen molar-refractivity contribution in [1.82, 2.24) is 5.32 Å². The molecule has 2 bridgehead atoms. The average Bonchev–Trinajstić information content (AvgIpc) is 3.15. The van der Waals surface area contributed by atoms with Crippen LogP contribution >= 0.6 is 0 Å². The summed E-state index contributed by atoms with van der Waals surface area (Å²) in [6, 6.07) is 21.0. The molecule has 0 aromatic heterocycles. The summed E-state index contributed by atoms with van der Waals surface area (Å²) >= 11 is 0. The summed E-state index contributed by atoms with van der Waals surface area (Å²) in [6.07, 6.45) is 4.79. The molecule has 3 unspecified atom stereocenters. The second-order valence-corrected chi connectivity index (χ2v) is 9.62. The Hall–Kier alpha value is -3.31. The fraction of sp³-hybridized carbons (Fsp3) is 0.321. The van der Waals surface area contributed by atoms with E-state index in [0.717, 1.165) is 41.0 Å². The first kappa shape index (κ1) is 20.3. The lowest BCUT2D eigenvalue weighted by atomic mass is 9.73. The van der Waals surface area contributed by atoms with Gasteiger partial charge in [0, 0.05) is 47.3 Å². The Morgan fingerprint density at radius 2 is 1.79 bits per heavy atom. The van der Waals surface area contributed by atoms with Crippen molar-refractivity contribution in [2.75, 3.05) is 5.32 Å². The molecule has 0 aliphatic carbocycles. The molecular formula is C28H28N2O3. The van der Waals surface area contributed by atoms with Crippen molar-refractivity contribution in [2.45, 2.75) is 50.6 Å². The van der Waals surface area contributed by atoms with Crippen LogP contribution in [-0.4, -0.2) is 23.1 Å². The predicted molar refractivity (Wildman–Crippen MR) is 129 cm³/mol. The molecule has 3 heterocycles. The maximum Gasteiger partial charge on any atom is 0.221 e. The zero-order valence-corrected chi connectivity index (χ0v) is 18.7. The van der Waals surface area contributed by atoms with Crippen LogP contribution in [0.5, 0.6) is 17.2 Å². The summed E-state index contributed by atoms with van der Waals surface area (Å²) in [6.45, 7) is 1.52. The smallest absolute Gasteiger partial charge is 0.221 e. The van der Waals surface area contributed by atoms with Crippen molar-refractivity contribution in [3.05, 3.63) is 71.8 Å². The van der Waals surface area contributed by atoms with Gasteiger partial charge < -0.3 is 20.5 Å². The number of nitrogens with one attached hydrogen (secondary N) is 2. The molecule has 3 aromatic carbocycles. The van der Waals surface area contributed by atoms with Gasteiger partial charge in [0.05, 0.1) is 0 Å². The molecule has 0 spiro atoms. The highest BCUT2D eigenvalue weighted by Gasteiger charge is 2.41. The van der Waals surface area contributed by atoms with Crippen LogP contribution in [0.25, 0.3) is 11.1 Å². The van der Waals surface area contributed by atoms with Gasteiger partial charge in [0.1, 0.15) is 5.75 Å². The number of anilines is 1. The lowest BCUT2D eigenvalue weighted by Gasteiger charge is -2.38. The molecular weight excluding hydrogens is 412 g/mol. The van der Waals surface area contributed by atoms with Gasteiger partial charge in [-0.2, -0.15) is 0 Å². The molecule has 2 saturated heterocycles. The van der Waals surface area contributed by atoms with Gasteiger partial charge in [-0.15, -0.1) is 0 Å². The minimum atomic E-state index is -0.101. The van der Waals surface area contributed by atoms with E-state index in [1.807, 2.05) is 36.4 Å². The Morgan fingerprint density at radius 3 is 2.58 bits per heavy atom. The van der Waals surface area contributed by atoms with Gasteiger partial charge in [-0.3, -0.25) is 4.79 Å². The van der Waals surface area contributed by atoms with Crippen LogP contribution in [0, 0.1) is 5.92 Å². The molecule has 3 aromatic rings. The van der Waals surface area contributed by atoms with Crippen LogP contribution in [0.3, 0.4) is 0 Å². The van der Waals surface area contributed by atoms with E-state index in [9.17, 15) is 9.90 Å². The minimum Gasteiger partial charge on any atom is -0.504 e. The van der Waals surface area contributed by atoms with Gasteiger partial charge in [-0.05, 0) is 55.4 Å².